The minimum absolute atomic E-state index is 0.874. The first kappa shape index (κ1) is 17.2. The lowest BCUT2D eigenvalue weighted by atomic mass is 10.0. The van der Waals surface area contributed by atoms with Crippen LogP contribution < -0.4 is 5.32 Å². The number of morpholine rings is 1. The molecular formula is C19H30N4O. The molecule has 1 N–H and O–H groups in total. The van der Waals surface area contributed by atoms with Gasteiger partial charge in [0.25, 0.3) is 0 Å². The van der Waals surface area contributed by atoms with Crippen molar-refractivity contribution in [2.24, 2.45) is 4.99 Å². The van der Waals surface area contributed by atoms with Crippen LogP contribution in [-0.4, -0.2) is 68.2 Å². The standard InChI is InChI=1S/C19H30N4O/c1-2-20-19(21-9-5-10-22-12-14-24-15-13-22)23-11-8-17-6-3-4-7-18(17)16-23/h3-4,6-7H,2,5,8-16H2,1H3,(H,20,21). The maximum atomic E-state index is 5.40. The van der Waals surface area contributed by atoms with E-state index in [4.69, 9.17) is 9.73 Å². The third-order valence-corrected chi connectivity index (χ3v) is 4.76. The summed E-state index contributed by atoms with van der Waals surface area (Å²) in [5, 5.41) is 3.46. The van der Waals surface area contributed by atoms with Crippen LogP contribution in [0.2, 0.25) is 0 Å². The molecule has 1 aromatic carbocycles. The van der Waals surface area contributed by atoms with Gasteiger partial charge >= 0.3 is 0 Å². The largest absolute Gasteiger partial charge is 0.379 e. The fourth-order valence-corrected chi connectivity index (χ4v) is 3.41. The van der Waals surface area contributed by atoms with Crippen LogP contribution in [0.25, 0.3) is 0 Å². The fraction of sp³-hybridized carbons (Fsp3) is 0.632. The van der Waals surface area contributed by atoms with Crippen LogP contribution in [0.4, 0.5) is 0 Å². The molecule has 5 heteroatoms. The number of nitrogens with one attached hydrogen (secondary N) is 1. The van der Waals surface area contributed by atoms with E-state index in [-0.39, 0.29) is 0 Å². The first-order chi connectivity index (χ1) is 11.9. The molecule has 5 nitrogen and oxygen atoms in total. The quantitative estimate of drug-likeness (QED) is 0.507. The van der Waals surface area contributed by atoms with E-state index in [1.807, 2.05) is 0 Å². The Kier molecular flexibility index (Phi) is 6.49. The monoisotopic (exact) mass is 330 g/mol. The van der Waals surface area contributed by atoms with Crippen LogP contribution in [0.5, 0.6) is 0 Å². The summed E-state index contributed by atoms with van der Waals surface area (Å²) >= 11 is 0. The maximum Gasteiger partial charge on any atom is 0.194 e. The molecule has 0 atom stereocenters. The zero-order chi connectivity index (χ0) is 16.6. The molecule has 2 aliphatic rings. The lowest BCUT2D eigenvalue weighted by Gasteiger charge is -2.31. The SMILES string of the molecule is CCNC(=NCCCN1CCOCC1)N1CCc2ccccc2C1. The van der Waals surface area contributed by atoms with Crippen LogP contribution in [0.3, 0.4) is 0 Å². The molecule has 2 heterocycles. The molecule has 1 saturated heterocycles. The number of nitrogens with zero attached hydrogens (tertiary/aromatic N) is 3. The highest BCUT2D eigenvalue weighted by molar-refractivity contribution is 5.80. The summed E-state index contributed by atoms with van der Waals surface area (Å²) in [6.07, 6.45) is 2.22. The number of guanidine groups is 1. The second-order valence-electron chi connectivity index (χ2n) is 6.48. The van der Waals surface area contributed by atoms with Gasteiger partial charge in [0.15, 0.2) is 5.96 Å². The van der Waals surface area contributed by atoms with E-state index in [9.17, 15) is 0 Å². The Balaban J connectivity index is 1.52. The third kappa shape index (κ3) is 4.71. The van der Waals surface area contributed by atoms with Crippen LogP contribution in [0.1, 0.15) is 24.5 Å². The van der Waals surface area contributed by atoms with Crippen molar-refractivity contribution in [1.29, 1.82) is 0 Å². The van der Waals surface area contributed by atoms with Crippen LogP contribution in [-0.2, 0) is 17.7 Å². The summed E-state index contributed by atoms with van der Waals surface area (Å²) in [6.45, 7) is 10.9. The van der Waals surface area contributed by atoms with E-state index in [0.717, 1.165) is 77.8 Å². The summed E-state index contributed by atoms with van der Waals surface area (Å²) in [5.41, 5.74) is 2.92. The van der Waals surface area contributed by atoms with E-state index < -0.39 is 0 Å². The van der Waals surface area contributed by atoms with Crippen molar-refractivity contribution in [3.8, 4) is 0 Å². The molecule has 0 saturated carbocycles. The second kappa shape index (κ2) is 9.04. The molecule has 0 amide bonds. The van der Waals surface area contributed by atoms with Crippen LogP contribution in [0, 0.1) is 0 Å². The maximum absolute atomic E-state index is 5.40. The molecule has 3 rings (SSSR count). The predicted molar refractivity (Wildman–Crippen MR) is 98.4 cm³/mol. The number of ether oxygens (including phenoxy) is 1. The zero-order valence-electron chi connectivity index (χ0n) is 14.8. The zero-order valence-corrected chi connectivity index (χ0v) is 14.8. The highest BCUT2D eigenvalue weighted by Crippen LogP contribution is 2.18. The van der Waals surface area contributed by atoms with Gasteiger partial charge in [-0.2, -0.15) is 0 Å². The minimum Gasteiger partial charge on any atom is -0.379 e. The number of benzene rings is 1. The van der Waals surface area contributed by atoms with Crippen molar-refractivity contribution in [2.45, 2.75) is 26.3 Å². The number of hydrogen-bond donors (Lipinski definition) is 1. The first-order valence-electron chi connectivity index (χ1n) is 9.27. The molecule has 0 unspecified atom stereocenters. The normalized spacial score (nSPS) is 19.2. The fourth-order valence-electron chi connectivity index (χ4n) is 3.41. The van der Waals surface area contributed by atoms with Gasteiger partial charge in [0.2, 0.25) is 0 Å². The molecule has 0 spiro atoms. The van der Waals surface area contributed by atoms with Crippen molar-refractivity contribution >= 4 is 5.96 Å². The summed E-state index contributed by atoms with van der Waals surface area (Å²) in [4.78, 5) is 9.73. The topological polar surface area (TPSA) is 40.1 Å². The summed E-state index contributed by atoms with van der Waals surface area (Å²) < 4.78 is 5.40. The third-order valence-electron chi connectivity index (χ3n) is 4.76. The van der Waals surface area contributed by atoms with Crippen molar-refractivity contribution < 1.29 is 4.74 Å². The number of fused-ring (bicyclic) bond motifs is 1. The highest BCUT2D eigenvalue weighted by atomic mass is 16.5. The van der Waals surface area contributed by atoms with Crippen molar-refractivity contribution in [3.05, 3.63) is 35.4 Å². The lowest BCUT2D eigenvalue weighted by molar-refractivity contribution is 0.0377. The van der Waals surface area contributed by atoms with Crippen molar-refractivity contribution in [2.75, 3.05) is 52.5 Å². The predicted octanol–water partition coefficient (Wildman–Crippen LogP) is 1.73. The van der Waals surface area contributed by atoms with E-state index in [1.54, 1.807) is 0 Å². The number of aliphatic imine (C=N–C) groups is 1. The first-order valence-corrected chi connectivity index (χ1v) is 9.27. The van der Waals surface area contributed by atoms with Gasteiger partial charge in [-0.1, -0.05) is 24.3 Å². The van der Waals surface area contributed by atoms with Gasteiger partial charge in [0.05, 0.1) is 13.2 Å². The average molecular weight is 330 g/mol. The van der Waals surface area contributed by atoms with Crippen LogP contribution in [0.15, 0.2) is 29.3 Å². The molecule has 0 bridgehead atoms. The van der Waals surface area contributed by atoms with E-state index in [1.165, 1.54) is 11.1 Å². The van der Waals surface area contributed by atoms with Gasteiger partial charge in [0, 0.05) is 45.8 Å². The van der Waals surface area contributed by atoms with Gasteiger partial charge < -0.3 is 15.0 Å². The van der Waals surface area contributed by atoms with Gasteiger partial charge in [-0.05, 0) is 30.9 Å². The highest BCUT2D eigenvalue weighted by Gasteiger charge is 2.18. The Morgan fingerprint density at radius 3 is 2.75 bits per heavy atom. The van der Waals surface area contributed by atoms with Gasteiger partial charge in [-0.3, -0.25) is 9.89 Å². The Labute approximate surface area is 145 Å². The molecule has 0 aromatic heterocycles. The molecule has 0 radical (unpaired) electrons. The van der Waals surface area contributed by atoms with Crippen molar-refractivity contribution in [3.63, 3.8) is 0 Å². The van der Waals surface area contributed by atoms with Gasteiger partial charge in [0.1, 0.15) is 0 Å². The van der Waals surface area contributed by atoms with Crippen LogP contribution >= 0.6 is 0 Å². The van der Waals surface area contributed by atoms with E-state index >= 15 is 0 Å². The molecular weight excluding hydrogens is 300 g/mol. The molecule has 24 heavy (non-hydrogen) atoms. The Bertz CT molecular complexity index is 540. The Morgan fingerprint density at radius 2 is 1.96 bits per heavy atom. The minimum atomic E-state index is 0.874. The summed E-state index contributed by atoms with van der Waals surface area (Å²) in [5.74, 6) is 1.06. The van der Waals surface area contributed by atoms with E-state index in [2.05, 4.69) is 46.3 Å². The average Bonchev–Trinajstić information content (AvgIpc) is 2.65. The molecule has 2 aliphatic heterocycles. The number of rotatable bonds is 5. The van der Waals surface area contributed by atoms with E-state index in [0.29, 0.717) is 0 Å². The molecule has 132 valence electrons. The summed E-state index contributed by atoms with van der Waals surface area (Å²) in [7, 11) is 0. The Hall–Kier alpha value is -1.59. The second-order valence-corrected chi connectivity index (χ2v) is 6.48. The lowest BCUT2D eigenvalue weighted by Crippen LogP contribution is -2.44. The summed E-state index contributed by atoms with van der Waals surface area (Å²) in [6, 6.07) is 8.76. The molecule has 0 aliphatic carbocycles. The Morgan fingerprint density at radius 1 is 1.17 bits per heavy atom. The smallest absolute Gasteiger partial charge is 0.194 e. The van der Waals surface area contributed by atoms with Crippen molar-refractivity contribution in [1.82, 2.24) is 15.1 Å². The molecule has 1 fully saturated rings. The van der Waals surface area contributed by atoms with Gasteiger partial charge in [-0.25, -0.2) is 0 Å². The number of hydrogen-bond acceptors (Lipinski definition) is 3. The van der Waals surface area contributed by atoms with Gasteiger partial charge in [-0.15, -0.1) is 0 Å². The molecule has 1 aromatic rings.